The van der Waals surface area contributed by atoms with Crippen LogP contribution in [0.3, 0.4) is 0 Å². The van der Waals surface area contributed by atoms with E-state index < -0.39 is 0 Å². The second-order valence-corrected chi connectivity index (χ2v) is 10.3. The zero-order valence-corrected chi connectivity index (χ0v) is 19.8. The van der Waals surface area contributed by atoms with Gasteiger partial charge in [0.25, 0.3) is 0 Å². The molecular weight excluding hydrogens is 450 g/mol. The minimum absolute atomic E-state index is 1.18. The molecule has 0 unspecified atom stereocenters. The molecule has 10 rings (SSSR count). The summed E-state index contributed by atoms with van der Waals surface area (Å²) in [5.41, 5.74) is 9.95. The van der Waals surface area contributed by atoms with Gasteiger partial charge in [0, 0.05) is 43.4 Å². The molecule has 3 nitrogen and oxygen atoms in total. The number of aromatic nitrogens is 3. The van der Waals surface area contributed by atoms with Gasteiger partial charge in [-0.2, -0.15) is 0 Å². The van der Waals surface area contributed by atoms with E-state index in [9.17, 15) is 0 Å². The fourth-order valence-electron chi connectivity index (χ4n) is 7.05. The summed E-state index contributed by atoms with van der Waals surface area (Å²) in [4.78, 5) is 3.81. The van der Waals surface area contributed by atoms with Crippen molar-refractivity contribution < 1.29 is 0 Å². The summed E-state index contributed by atoms with van der Waals surface area (Å²) in [7, 11) is 0. The van der Waals surface area contributed by atoms with Gasteiger partial charge >= 0.3 is 0 Å². The van der Waals surface area contributed by atoms with Crippen LogP contribution >= 0.6 is 0 Å². The Labute approximate surface area is 210 Å². The molecular formula is C34H19N3. The second-order valence-electron chi connectivity index (χ2n) is 10.3. The van der Waals surface area contributed by atoms with Crippen molar-refractivity contribution in [1.82, 2.24) is 13.8 Å². The summed E-state index contributed by atoms with van der Waals surface area (Å²) in [5.74, 6) is 0. The Hall–Kier alpha value is -5.02. The van der Waals surface area contributed by atoms with Crippen LogP contribution in [0.15, 0.2) is 109 Å². The highest BCUT2D eigenvalue weighted by Crippen LogP contribution is 2.45. The summed E-state index contributed by atoms with van der Waals surface area (Å²) >= 11 is 0. The van der Waals surface area contributed by atoms with Gasteiger partial charge in [-0.25, -0.2) is 0 Å². The molecule has 3 heteroatoms. The van der Waals surface area contributed by atoms with Crippen LogP contribution in [0.2, 0.25) is 0 Å². The predicted octanol–water partition coefficient (Wildman–Crippen LogP) is 9.03. The molecule has 0 bridgehead atoms. The smallest absolute Gasteiger partial charge is 0.0810 e. The fraction of sp³-hybridized carbons (Fsp3) is 0. The zero-order chi connectivity index (χ0) is 23.8. The third-order valence-corrected chi connectivity index (χ3v) is 8.50. The highest BCUT2D eigenvalue weighted by Gasteiger charge is 2.23. The number of rotatable bonds is 0. The third-order valence-electron chi connectivity index (χ3n) is 8.50. The molecule has 0 amide bonds. The molecule has 0 aliphatic carbocycles. The molecule has 37 heavy (non-hydrogen) atoms. The van der Waals surface area contributed by atoms with E-state index in [1.165, 1.54) is 87.2 Å². The van der Waals surface area contributed by atoms with Gasteiger partial charge in [0.2, 0.25) is 0 Å². The number of H-pyrrole nitrogens is 1. The first-order chi connectivity index (χ1) is 18.4. The number of fused-ring (bicyclic) bond motifs is 13. The van der Waals surface area contributed by atoms with Crippen molar-refractivity contribution in [3.05, 3.63) is 109 Å². The Kier molecular flexibility index (Phi) is 2.98. The number of hydrogen-bond acceptors (Lipinski definition) is 0. The summed E-state index contributed by atoms with van der Waals surface area (Å²) < 4.78 is 5.03. The van der Waals surface area contributed by atoms with Crippen molar-refractivity contribution in [3.63, 3.8) is 0 Å². The van der Waals surface area contributed by atoms with Crippen LogP contribution in [-0.4, -0.2) is 13.8 Å². The maximum Gasteiger partial charge on any atom is 0.0810 e. The largest absolute Gasteiger partial charge is 0.354 e. The third kappa shape index (κ3) is 2.00. The molecule has 6 aromatic carbocycles. The lowest BCUT2D eigenvalue weighted by atomic mass is 10.0. The van der Waals surface area contributed by atoms with Crippen molar-refractivity contribution in [1.29, 1.82) is 0 Å². The summed E-state index contributed by atoms with van der Waals surface area (Å²) in [5, 5.41) is 10.3. The Morgan fingerprint density at radius 3 is 1.89 bits per heavy atom. The number of aromatic amines is 1. The van der Waals surface area contributed by atoms with Crippen molar-refractivity contribution in [2.24, 2.45) is 0 Å². The van der Waals surface area contributed by atoms with Gasteiger partial charge in [0.05, 0.1) is 33.1 Å². The first-order valence-electron chi connectivity index (χ1n) is 12.8. The van der Waals surface area contributed by atoms with Crippen molar-refractivity contribution in [3.8, 4) is 0 Å². The molecule has 1 N–H and O–H groups in total. The second kappa shape index (κ2) is 6.03. The number of benzene rings is 6. The van der Waals surface area contributed by atoms with E-state index >= 15 is 0 Å². The molecule has 10 aromatic rings. The Morgan fingerprint density at radius 2 is 1.05 bits per heavy atom. The first kappa shape index (κ1) is 18.3. The van der Waals surface area contributed by atoms with E-state index in [-0.39, 0.29) is 0 Å². The van der Waals surface area contributed by atoms with Crippen LogP contribution in [-0.2, 0) is 0 Å². The molecule has 4 aromatic heterocycles. The summed E-state index contributed by atoms with van der Waals surface area (Å²) in [6, 6.07) is 40.1. The number of nitrogens with zero attached hydrogens (tertiary/aromatic N) is 2. The Balaban J connectivity index is 1.65. The fourth-order valence-corrected chi connectivity index (χ4v) is 7.05. The highest BCUT2D eigenvalue weighted by atomic mass is 15.0. The van der Waals surface area contributed by atoms with Crippen LogP contribution in [0.4, 0.5) is 0 Å². The lowest BCUT2D eigenvalue weighted by molar-refractivity contribution is 1.26. The highest BCUT2D eigenvalue weighted by molar-refractivity contribution is 6.31. The van der Waals surface area contributed by atoms with Crippen LogP contribution in [0.25, 0.3) is 87.2 Å². The lowest BCUT2D eigenvalue weighted by Crippen LogP contribution is -1.97. The molecule has 0 spiro atoms. The Morgan fingerprint density at radius 1 is 0.405 bits per heavy atom. The lowest BCUT2D eigenvalue weighted by Gasteiger charge is -2.13. The van der Waals surface area contributed by atoms with Crippen molar-refractivity contribution in [2.45, 2.75) is 0 Å². The molecule has 0 radical (unpaired) electrons. The monoisotopic (exact) mass is 469 g/mol. The average molecular weight is 470 g/mol. The van der Waals surface area contributed by atoms with Gasteiger partial charge in [-0.05, 0) is 47.2 Å². The van der Waals surface area contributed by atoms with E-state index in [0.29, 0.717) is 0 Å². The number of para-hydroxylation sites is 3. The van der Waals surface area contributed by atoms with E-state index in [1.807, 2.05) is 0 Å². The van der Waals surface area contributed by atoms with Gasteiger partial charge in [0.15, 0.2) is 0 Å². The molecule has 0 saturated heterocycles. The van der Waals surface area contributed by atoms with Crippen molar-refractivity contribution in [2.75, 3.05) is 0 Å². The normalized spacial score (nSPS) is 12.9. The quantitative estimate of drug-likeness (QED) is 0.214. The first-order valence-corrected chi connectivity index (χ1v) is 12.8. The topological polar surface area (TPSA) is 24.6 Å². The summed E-state index contributed by atoms with van der Waals surface area (Å²) in [6.07, 6.45) is 0. The zero-order valence-electron chi connectivity index (χ0n) is 19.8. The van der Waals surface area contributed by atoms with Gasteiger partial charge in [-0.1, -0.05) is 72.8 Å². The molecule has 0 saturated carbocycles. The van der Waals surface area contributed by atoms with Gasteiger partial charge in [-0.15, -0.1) is 0 Å². The molecule has 0 fully saturated rings. The van der Waals surface area contributed by atoms with E-state index in [1.54, 1.807) is 0 Å². The SMILES string of the molecule is c1ccc2cc3c(cc2c1)[nH]c1cc2c4ccccc4n4c5cccc6c7ccccc7n(c65)c(c13)c24. The van der Waals surface area contributed by atoms with Crippen LogP contribution in [0, 0.1) is 0 Å². The molecule has 170 valence electrons. The van der Waals surface area contributed by atoms with Crippen LogP contribution in [0.1, 0.15) is 0 Å². The predicted molar refractivity (Wildman–Crippen MR) is 156 cm³/mol. The van der Waals surface area contributed by atoms with E-state index in [0.717, 1.165) is 0 Å². The van der Waals surface area contributed by atoms with E-state index in [2.05, 4.69) is 123 Å². The van der Waals surface area contributed by atoms with Gasteiger partial charge in [-0.3, -0.25) is 0 Å². The minimum atomic E-state index is 1.18. The van der Waals surface area contributed by atoms with E-state index in [4.69, 9.17) is 0 Å². The maximum absolute atomic E-state index is 3.81. The van der Waals surface area contributed by atoms with Gasteiger partial charge < -0.3 is 13.8 Å². The number of hydrogen-bond donors (Lipinski definition) is 1. The maximum atomic E-state index is 3.81. The Bertz CT molecular complexity index is 2570. The molecule has 0 aliphatic heterocycles. The summed E-state index contributed by atoms with van der Waals surface area (Å²) in [6.45, 7) is 0. The number of nitrogens with one attached hydrogen (secondary N) is 1. The average Bonchev–Trinajstić information content (AvgIpc) is 3.59. The molecule has 0 atom stereocenters. The molecule has 0 aliphatic rings. The van der Waals surface area contributed by atoms with Crippen LogP contribution < -0.4 is 0 Å². The standard InChI is InChI=1S/C34H19N3/c1-2-9-20-17-26-25(16-19(20)8-1)31-27(35-26)18-24-22-11-4-5-13-28(22)36-30-15-7-12-23-21-10-3-6-14-29(21)37(32(23)30)34(31)33(24)36/h1-18,35H. The minimum Gasteiger partial charge on any atom is -0.354 e. The van der Waals surface area contributed by atoms with Crippen molar-refractivity contribution >= 4 is 87.2 Å². The molecule has 4 heterocycles. The van der Waals surface area contributed by atoms with Gasteiger partial charge in [0.1, 0.15) is 0 Å². The van der Waals surface area contributed by atoms with Crippen LogP contribution in [0.5, 0.6) is 0 Å².